The summed E-state index contributed by atoms with van der Waals surface area (Å²) in [5, 5.41) is 13.0. The molecule has 0 radical (unpaired) electrons. The lowest BCUT2D eigenvalue weighted by molar-refractivity contribution is -0.384. The van der Waals surface area contributed by atoms with Gasteiger partial charge in [-0.2, -0.15) is 0 Å². The highest BCUT2D eigenvalue weighted by Crippen LogP contribution is 2.26. The first-order valence-corrected chi connectivity index (χ1v) is 8.23. The normalized spacial score (nSPS) is 15.1. The number of nitro groups is 1. The van der Waals surface area contributed by atoms with E-state index in [1.807, 2.05) is 0 Å². The van der Waals surface area contributed by atoms with E-state index in [0.717, 1.165) is 6.07 Å². The summed E-state index contributed by atoms with van der Waals surface area (Å²) < 4.78 is 5.30. The number of non-ortho nitro benzene ring substituents is 1. The molecule has 2 aromatic rings. The first-order valence-electron chi connectivity index (χ1n) is 8.23. The average molecular weight is 391 g/mol. The molecule has 3 rings (SSSR count). The van der Waals surface area contributed by atoms with E-state index in [4.69, 9.17) is 11.2 Å². The first kappa shape index (κ1) is 19.3. The van der Waals surface area contributed by atoms with Crippen molar-refractivity contribution in [2.75, 3.05) is 11.5 Å². The van der Waals surface area contributed by atoms with Gasteiger partial charge < -0.3 is 4.74 Å². The Labute approximate surface area is 164 Å². The van der Waals surface area contributed by atoms with Crippen LogP contribution in [0, 0.1) is 22.5 Å². The molecule has 9 nitrogen and oxygen atoms in total. The van der Waals surface area contributed by atoms with Crippen molar-refractivity contribution in [3.05, 3.63) is 69.8 Å². The van der Waals surface area contributed by atoms with Crippen molar-refractivity contribution >= 4 is 35.3 Å². The summed E-state index contributed by atoms with van der Waals surface area (Å²) in [6.45, 7) is 0.0501. The summed E-state index contributed by atoms with van der Waals surface area (Å²) in [6.07, 6.45) is 6.44. The number of carbonyl (C=O) groups is 3. The van der Waals surface area contributed by atoms with E-state index in [0.29, 0.717) is 16.2 Å². The number of rotatable bonds is 5. The van der Waals surface area contributed by atoms with E-state index in [1.165, 1.54) is 24.3 Å². The number of hydrogen-bond acceptors (Lipinski definition) is 6. The predicted molar refractivity (Wildman–Crippen MR) is 103 cm³/mol. The Bertz CT molecular complexity index is 1100. The molecule has 0 bridgehead atoms. The first-order chi connectivity index (χ1) is 13.9. The Balaban J connectivity index is 1.97. The fourth-order valence-electron chi connectivity index (χ4n) is 2.62. The second-order valence-electron chi connectivity index (χ2n) is 5.80. The summed E-state index contributed by atoms with van der Waals surface area (Å²) in [6, 6.07) is 10.5. The van der Waals surface area contributed by atoms with Gasteiger partial charge in [0.1, 0.15) is 17.9 Å². The number of urea groups is 1. The lowest BCUT2D eigenvalue weighted by Gasteiger charge is -2.26. The molecule has 9 heteroatoms. The standard InChI is InChI=1S/C20H13N3O6/c1-2-9-29-16-8-3-5-13(10-16)11-17-18(24)21-20(26)22(19(17)25)14-6-4-7-15(12-14)23(27)28/h1,3-8,10-12H,9H2,(H,21,24,26)/b17-11+. The van der Waals surface area contributed by atoms with Gasteiger partial charge in [0.15, 0.2) is 0 Å². The minimum absolute atomic E-state index is 0.0359. The third kappa shape index (κ3) is 4.12. The molecule has 0 saturated carbocycles. The van der Waals surface area contributed by atoms with Crippen molar-refractivity contribution in [2.45, 2.75) is 0 Å². The number of hydrogen-bond donors (Lipinski definition) is 1. The number of imide groups is 2. The van der Waals surface area contributed by atoms with Crippen LogP contribution >= 0.6 is 0 Å². The van der Waals surface area contributed by atoms with Gasteiger partial charge in [-0.15, -0.1) is 6.42 Å². The maximum absolute atomic E-state index is 12.8. The maximum Gasteiger partial charge on any atom is 0.335 e. The van der Waals surface area contributed by atoms with Gasteiger partial charge in [-0.3, -0.25) is 25.0 Å². The molecule has 1 aliphatic rings. The lowest BCUT2D eigenvalue weighted by Crippen LogP contribution is -2.54. The molecule has 0 atom stereocenters. The van der Waals surface area contributed by atoms with Gasteiger partial charge in [-0.05, 0) is 29.8 Å². The fourth-order valence-corrected chi connectivity index (χ4v) is 2.62. The molecule has 144 valence electrons. The van der Waals surface area contributed by atoms with Gasteiger partial charge in [0.05, 0.1) is 10.6 Å². The molecular formula is C20H13N3O6. The van der Waals surface area contributed by atoms with Crippen molar-refractivity contribution < 1.29 is 24.0 Å². The van der Waals surface area contributed by atoms with Gasteiger partial charge in [0.2, 0.25) is 0 Å². The van der Waals surface area contributed by atoms with Gasteiger partial charge in [-0.1, -0.05) is 24.1 Å². The zero-order chi connectivity index (χ0) is 21.0. The zero-order valence-electron chi connectivity index (χ0n) is 14.8. The van der Waals surface area contributed by atoms with Crippen molar-refractivity contribution in [3.63, 3.8) is 0 Å². The highest BCUT2D eigenvalue weighted by Gasteiger charge is 2.37. The highest BCUT2D eigenvalue weighted by molar-refractivity contribution is 6.39. The van der Waals surface area contributed by atoms with Crippen LogP contribution in [-0.4, -0.2) is 29.4 Å². The number of amides is 4. The number of nitrogens with zero attached hydrogens (tertiary/aromatic N) is 2. The highest BCUT2D eigenvalue weighted by atomic mass is 16.6. The van der Waals surface area contributed by atoms with Crippen LogP contribution < -0.4 is 15.0 Å². The van der Waals surface area contributed by atoms with Crippen LogP contribution in [0.5, 0.6) is 5.75 Å². The monoisotopic (exact) mass is 391 g/mol. The van der Waals surface area contributed by atoms with E-state index in [2.05, 4.69) is 11.2 Å². The van der Waals surface area contributed by atoms with Crippen LogP contribution in [0.4, 0.5) is 16.2 Å². The minimum atomic E-state index is -0.997. The molecule has 0 spiro atoms. The topological polar surface area (TPSA) is 119 Å². The van der Waals surface area contributed by atoms with Gasteiger partial charge in [0.25, 0.3) is 17.5 Å². The Kier molecular flexibility index (Phi) is 5.37. The van der Waals surface area contributed by atoms with Crippen molar-refractivity contribution in [1.82, 2.24) is 5.32 Å². The number of nitrogens with one attached hydrogen (secondary N) is 1. The molecule has 0 aromatic heterocycles. The molecule has 29 heavy (non-hydrogen) atoms. The van der Waals surface area contributed by atoms with Crippen LogP contribution in [0.2, 0.25) is 0 Å². The second kappa shape index (κ2) is 8.06. The van der Waals surface area contributed by atoms with Gasteiger partial charge >= 0.3 is 6.03 Å². The Morgan fingerprint density at radius 1 is 1.17 bits per heavy atom. The zero-order valence-corrected chi connectivity index (χ0v) is 14.8. The molecule has 1 N–H and O–H groups in total. The van der Waals surface area contributed by atoms with Gasteiger partial charge in [0, 0.05) is 12.1 Å². The number of ether oxygens (including phenoxy) is 1. The molecule has 1 saturated heterocycles. The molecule has 0 unspecified atom stereocenters. The minimum Gasteiger partial charge on any atom is -0.481 e. The summed E-state index contributed by atoms with van der Waals surface area (Å²) in [4.78, 5) is 48.2. The third-order valence-corrected chi connectivity index (χ3v) is 3.89. The fraction of sp³-hybridized carbons (Fsp3) is 0.0500. The smallest absolute Gasteiger partial charge is 0.335 e. The average Bonchev–Trinajstić information content (AvgIpc) is 2.70. The molecule has 4 amide bonds. The number of carbonyl (C=O) groups excluding carboxylic acids is 3. The number of benzene rings is 2. The Morgan fingerprint density at radius 2 is 1.93 bits per heavy atom. The number of barbiturate groups is 1. The van der Waals surface area contributed by atoms with Crippen LogP contribution in [0.25, 0.3) is 6.08 Å². The third-order valence-electron chi connectivity index (χ3n) is 3.89. The quantitative estimate of drug-likeness (QED) is 0.275. The summed E-state index contributed by atoms with van der Waals surface area (Å²) >= 11 is 0. The number of anilines is 1. The largest absolute Gasteiger partial charge is 0.481 e. The van der Waals surface area contributed by atoms with E-state index in [9.17, 15) is 24.5 Å². The summed E-state index contributed by atoms with van der Waals surface area (Å²) in [7, 11) is 0. The van der Waals surface area contributed by atoms with Crippen molar-refractivity contribution in [3.8, 4) is 18.1 Å². The van der Waals surface area contributed by atoms with Crippen LogP contribution in [0.3, 0.4) is 0 Å². The molecule has 0 aliphatic carbocycles. The van der Waals surface area contributed by atoms with Crippen LogP contribution in [-0.2, 0) is 9.59 Å². The van der Waals surface area contributed by atoms with E-state index in [-0.39, 0.29) is 23.6 Å². The van der Waals surface area contributed by atoms with E-state index in [1.54, 1.807) is 24.3 Å². The Morgan fingerprint density at radius 3 is 2.66 bits per heavy atom. The molecule has 2 aromatic carbocycles. The molecular weight excluding hydrogens is 378 g/mol. The molecule has 1 heterocycles. The number of nitro benzene ring substituents is 1. The summed E-state index contributed by atoms with van der Waals surface area (Å²) in [5.41, 5.74) is -0.188. The SMILES string of the molecule is C#CCOc1cccc(/C=C2\C(=O)NC(=O)N(c3cccc([N+](=O)[O-])c3)C2=O)c1. The number of terminal acetylenes is 1. The molecule has 1 aliphatic heterocycles. The van der Waals surface area contributed by atoms with E-state index >= 15 is 0 Å². The van der Waals surface area contributed by atoms with Crippen molar-refractivity contribution in [1.29, 1.82) is 0 Å². The van der Waals surface area contributed by atoms with Crippen LogP contribution in [0.15, 0.2) is 54.1 Å². The summed E-state index contributed by atoms with van der Waals surface area (Å²) in [5.74, 6) is 0.976. The van der Waals surface area contributed by atoms with E-state index < -0.39 is 22.8 Å². The van der Waals surface area contributed by atoms with Crippen LogP contribution in [0.1, 0.15) is 5.56 Å². The second-order valence-corrected chi connectivity index (χ2v) is 5.80. The van der Waals surface area contributed by atoms with Gasteiger partial charge in [-0.25, -0.2) is 9.69 Å². The lowest BCUT2D eigenvalue weighted by atomic mass is 10.1. The Hall–Kier alpha value is -4.45. The predicted octanol–water partition coefficient (Wildman–Crippen LogP) is 2.27. The van der Waals surface area contributed by atoms with Crippen molar-refractivity contribution in [2.24, 2.45) is 0 Å². The molecule has 1 fully saturated rings. The maximum atomic E-state index is 12.8.